The second-order valence-electron chi connectivity index (χ2n) is 6.55. The quantitative estimate of drug-likeness (QED) is 0.428. The van der Waals surface area contributed by atoms with E-state index in [0.717, 1.165) is 5.56 Å². The van der Waals surface area contributed by atoms with Crippen molar-refractivity contribution in [2.75, 3.05) is 5.32 Å². The first kappa shape index (κ1) is 20.9. The number of nitrogens with one attached hydrogen (secondary N) is 1. The smallest absolute Gasteiger partial charge is 0.277 e. The van der Waals surface area contributed by atoms with Crippen molar-refractivity contribution in [2.24, 2.45) is 0 Å². The van der Waals surface area contributed by atoms with Crippen LogP contribution in [0.15, 0.2) is 67.0 Å². The molecule has 158 valence electrons. The molecule has 0 bridgehead atoms. The van der Waals surface area contributed by atoms with E-state index in [1.165, 1.54) is 16.8 Å². The van der Waals surface area contributed by atoms with Crippen LogP contribution in [0.1, 0.15) is 16.1 Å². The highest BCUT2D eigenvalue weighted by Gasteiger charge is 2.12. The lowest BCUT2D eigenvalue weighted by Gasteiger charge is -2.08. The summed E-state index contributed by atoms with van der Waals surface area (Å²) >= 11 is 12.0. The highest BCUT2D eigenvalue weighted by Crippen LogP contribution is 2.31. The van der Waals surface area contributed by atoms with Gasteiger partial charge in [-0.05, 0) is 35.9 Å². The molecule has 7 nitrogen and oxygen atoms in total. The van der Waals surface area contributed by atoms with Gasteiger partial charge in [0, 0.05) is 18.5 Å². The van der Waals surface area contributed by atoms with Gasteiger partial charge in [0.05, 0.1) is 11.6 Å². The maximum atomic E-state index is 13.3. The third-order valence-electron chi connectivity index (χ3n) is 4.26. The molecule has 4 aromatic rings. The molecule has 1 amide bonds. The molecule has 10 heteroatoms. The average molecular weight is 460 g/mol. The molecule has 0 spiro atoms. The van der Waals surface area contributed by atoms with Crippen LogP contribution >= 0.6 is 23.2 Å². The molecule has 0 radical (unpaired) electrons. The summed E-state index contributed by atoms with van der Waals surface area (Å²) in [6, 6.07) is 14.5. The van der Waals surface area contributed by atoms with Crippen LogP contribution in [0.2, 0.25) is 10.0 Å². The van der Waals surface area contributed by atoms with Crippen LogP contribution in [0.3, 0.4) is 0 Å². The number of halogens is 3. The minimum absolute atomic E-state index is 0.0512. The van der Waals surface area contributed by atoms with Gasteiger partial charge in [0.2, 0.25) is 0 Å². The summed E-state index contributed by atoms with van der Waals surface area (Å²) in [7, 11) is 0. The lowest BCUT2D eigenvalue weighted by molar-refractivity contribution is 0.101. The normalized spacial score (nSPS) is 10.8. The Morgan fingerprint density at radius 2 is 1.84 bits per heavy atom. The van der Waals surface area contributed by atoms with Gasteiger partial charge in [0.15, 0.2) is 18.2 Å². The summed E-state index contributed by atoms with van der Waals surface area (Å²) in [6.45, 7) is 0.432. The zero-order chi connectivity index (χ0) is 21.8. The standard InChI is InChI=1S/C21H16Cl2FN5O2/c22-16-5-2-6-18(20(16)23)31-13-29-9-7-17(26-29)21(30)25-19-8-10-28(27-19)12-14-3-1-4-15(24)11-14/h1-11H,12-13H2,(H,25,27,30). The molecular weight excluding hydrogens is 444 g/mol. The Balaban J connectivity index is 1.35. The second-order valence-corrected chi connectivity index (χ2v) is 7.33. The number of hydrogen-bond donors (Lipinski definition) is 1. The van der Waals surface area contributed by atoms with Gasteiger partial charge in [0.25, 0.3) is 5.91 Å². The minimum atomic E-state index is -0.421. The monoisotopic (exact) mass is 459 g/mol. The van der Waals surface area contributed by atoms with Gasteiger partial charge < -0.3 is 10.1 Å². The van der Waals surface area contributed by atoms with E-state index >= 15 is 0 Å². The number of ether oxygens (including phenoxy) is 1. The molecule has 0 atom stereocenters. The summed E-state index contributed by atoms with van der Waals surface area (Å²) in [4.78, 5) is 12.4. The molecule has 2 heterocycles. The number of amides is 1. The summed E-state index contributed by atoms with van der Waals surface area (Å²) in [6.07, 6.45) is 3.30. The van der Waals surface area contributed by atoms with Gasteiger partial charge in [0.1, 0.15) is 16.6 Å². The molecule has 4 rings (SSSR count). The molecule has 0 unspecified atom stereocenters. The van der Waals surface area contributed by atoms with E-state index in [4.69, 9.17) is 27.9 Å². The number of benzene rings is 2. The lowest BCUT2D eigenvalue weighted by Crippen LogP contribution is -2.15. The van der Waals surface area contributed by atoms with Crippen LogP contribution in [-0.4, -0.2) is 25.5 Å². The summed E-state index contributed by atoms with van der Waals surface area (Å²) in [5, 5.41) is 11.8. The molecule has 2 aromatic heterocycles. The molecule has 0 fully saturated rings. The average Bonchev–Trinajstić information content (AvgIpc) is 3.39. The third-order valence-corrected chi connectivity index (χ3v) is 5.06. The number of aromatic nitrogens is 4. The van der Waals surface area contributed by atoms with E-state index in [1.807, 2.05) is 0 Å². The molecule has 1 N–H and O–H groups in total. The fourth-order valence-corrected chi connectivity index (χ4v) is 3.15. The number of carbonyl (C=O) groups excluding carboxylic acids is 1. The van der Waals surface area contributed by atoms with Crippen molar-refractivity contribution in [1.82, 2.24) is 19.6 Å². The summed E-state index contributed by atoms with van der Waals surface area (Å²) in [5.74, 6) is 0.0448. The Hall–Kier alpha value is -3.36. The van der Waals surface area contributed by atoms with Gasteiger partial charge in [-0.2, -0.15) is 10.2 Å². The SMILES string of the molecule is O=C(Nc1ccn(Cc2cccc(F)c2)n1)c1ccn(COc2cccc(Cl)c2Cl)n1. The van der Waals surface area contributed by atoms with E-state index in [0.29, 0.717) is 28.2 Å². The number of nitrogens with zero attached hydrogens (tertiary/aromatic N) is 4. The molecular formula is C21H16Cl2FN5O2. The largest absolute Gasteiger partial charge is 0.470 e. The highest BCUT2D eigenvalue weighted by atomic mass is 35.5. The number of anilines is 1. The second kappa shape index (κ2) is 9.20. The van der Waals surface area contributed by atoms with Crippen LogP contribution in [0, 0.1) is 5.82 Å². The first-order chi connectivity index (χ1) is 15.0. The topological polar surface area (TPSA) is 74.0 Å². The molecule has 0 aliphatic heterocycles. The van der Waals surface area contributed by atoms with Gasteiger partial charge in [-0.3, -0.25) is 9.48 Å². The lowest BCUT2D eigenvalue weighted by atomic mass is 10.2. The number of rotatable bonds is 7. The van der Waals surface area contributed by atoms with Crippen LogP contribution in [0.5, 0.6) is 5.75 Å². The van der Waals surface area contributed by atoms with E-state index in [-0.39, 0.29) is 18.2 Å². The van der Waals surface area contributed by atoms with Crippen LogP contribution in [-0.2, 0) is 13.3 Å². The maximum Gasteiger partial charge on any atom is 0.277 e. The molecule has 0 aliphatic rings. The highest BCUT2D eigenvalue weighted by molar-refractivity contribution is 6.42. The van der Waals surface area contributed by atoms with Gasteiger partial charge in [-0.25, -0.2) is 9.07 Å². The first-order valence-corrected chi connectivity index (χ1v) is 9.93. The van der Waals surface area contributed by atoms with E-state index < -0.39 is 5.91 Å². The van der Waals surface area contributed by atoms with Crippen molar-refractivity contribution in [2.45, 2.75) is 13.3 Å². The van der Waals surface area contributed by atoms with Crippen LogP contribution in [0.25, 0.3) is 0 Å². The fraction of sp³-hybridized carbons (Fsp3) is 0.0952. The fourth-order valence-electron chi connectivity index (χ4n) is 2.80. The Bertz CT molecular complexity index is 1220. The Kier molecular flexibility index (Phi) is 6.20. The van der Waals surface area contributed by atoms with Crippen molar-refractivity contribution >= 4 is 34.9 Å². The van der Waals surface area contributed by atoms with Crippen molar-refractivity contribution < 1.29 is 13.9 Å². The number of carbonyl (C=O) groups is 1. The minimum Gasteiger partial charge on any atom is -0.470 e. The first-order valence-electron chi connectivity index (χ1n) is 9.17. The molecule has 31 heavy (non-hydrogen) atoms. The predicted octanol–water partition coefficient (Wildman–Crippen LogP) is 4.86. The van der Waals surface area contributed by atoms with Gasteiger partial charge >= 0.3 is 0 Å². The van der Waals surface area contributed by atoms with Gasteiger partial charge in [-0.1, -0.05) is 41.4 Å². The zero-order valence-corrected chi connectivity index (χ0v) is 17.5. The molecule has 0 saturated heterocycles. The van der Waals surface area contributed by atoms with E-state index in [2.05, 4.69) is 15.5 Å². The van der Waals surface area contributed by atoms with Crippen LogP contribution in [0.4, 0.5) is 10.2 Å². The zero-order valence-electron chi connectivity index (χ0n) is 16.0. The predicted molar refractivity (Wildman–Crippen MR) is 115 cm³/mol. The maximum absolute atomic E-state index is 13.3. The third kappa shape index (κ3) is 5.22. The summed E-state index contributed by atoms with van der Waals surface area (Å²) in [5.41, 5.74) is 0.958. The Morgan fingerprint density at radius 1 is 1.03 bits per heavy atom. The Morgan fingerprint density at radius 3 is 2.68 bits per heavy atom. The molecule has 2 aromatic carbocycles. The van der Waals surface area contributed by atoms with Crippen molar-refractivity contribution in [3.8, 4) is 5.75 Å². The Labute approximate surface area is 187 Å². The number of hydrogen-bond acceptors (Lipinski definition) is 4. The summed E-state index contributed by atoms with van der Waals surface area (Å²) < 4.78 is 22.0. The van der Waals surface area contributed by atoms with E-state index in [1.54, 1.807) is 59.5 Å². The molecule has 0 aliphatic carbocycles. The van der Waals surface area contributed by atoms with Gasteiger partial charge in [-0.15, -0.1) is 0 Å². The van der Waals surface area contributed by atoms with Crippen LogP contribution < -0.4 is 10.1 Å². The van der Waals surface area contributed by atoms with Crippen molar-refractivity contribution in [3.63, 3.8) is 0 Å². The molecule has 0 saturated carbocycles. The van der Waals surface area contributed by atoms with E-state index in [9.17, 15) is 9.18 Å². The van der Waals surface area contributed by atoms with Crippen molar-refractivity contribution in [1.29, 1.82) is 0 Å². The van der Waals surface area contributed by atoms with Crippen molar-refractivity contribution in [3.05, 3.63) is 94.1 Å².